The minimum Gasteiger partial charge on any atom is -0.379 e. The van der Waals surface area contributed by atoms with E-state index in [2.05, 4.69) is 16.3 Å². The van der Waals surface area contributed by atoms with E-state index in [1.807, 2.05) is 30.3 Å². The summed E-state index contributed by atoms with van der Waals surface area (Å²) in [6.45, 7) is 5.69. The third-order valence-electron chi connectivity index (χ3n) is 3.37. The molecule has 0 amide bonds. The lowest BCUT2D eigenvalue weighted by molar-refractivity contribution is 0.0374. The Morgan fingerprint density at radius 3 is 2.68 bits per heavy atom. The molecule has 1 aromatic rings. The highest BCUT2D eigenvalue weighted by molar-refractivity contribution is 5.23. The molecule has 1 unspecified atom stereocenters. The number of hydrogen-bond acceptors (Lipinski definition) is 4. The number of rotatable bonds is 6. The minimum absolute atomic E-state index is 0.203. The number of hydrogen-bond donors (Lipinski definition) is 1. The topological polar surface area (TPSA) is 48.3 Å². The van der Waals surface area contributed by atoms with Gasteiger partial charge in [-0.2, -0.15) is 5.26 Å². The van der Waals surface area contributed by atoms with Gasteiger partial charge in [0.25, 0.3) is 0 Å². The highest BCUT2D eigenvalue weighted by atomic mass is 16.5. The van der Waals surface area contributed by atoms with Crippen molar-refractivity contribution in [2.24, 2.45) is 0 Å². The average molecular weight is 259 g/mol. The van der Waals surface area contributed by atoms with Gasteiger partial charge in [-0.15, -0.1) is 0 Å². The molecule has 0 aromatic heterocycles. The molecule has 4 nitrogen and oxygen atoms in total. The van der Waals surface area contributed by atoms with Gasteiger partial charge in [-0.05, 0) is 25.1 Å². The first-order valence-corrected chi connectivity index (χ1v) is 6.88. The Morgan fingerprint density at radius 2 is 2.00 bits per heavy atom. The van der Waals surface area contributed by atoms with Gasteiger partial charge in [0.2, 0.25) is 0 Å². The molecule has 0 radical (unpaired) electrons. The Hall–Kier alpha value is -1.41. The summed E-state index contributed by atoms with van der Waals surface area (Å²) in [5, 5.41) is 12.5. The number of benzene rings is 1. The Labute approximate surface area is 115 Å². The summed E-state index contributed by atoms with van der Waals surface area (Å²) in [4.78, 5) is 2.41. The third-order valence-corrected chi connectivity index (χ3v) is 3.37. The normalized spacial score (nSPS) is 17.8. The molecule has 0 aliphatic carbocycles. The summed E-state index contributed by atoms with van der Waals surface area (Å²) in [6, 6.07) is 12.0. The molecule has 1 aliphatic heterocycles. The zero-order valence-corrected chi connectivity index (χ0v) is 11.2. The largest absolute Gasteiger partial charge is 0.379 e. The molecule has 2 rings (SSSR count). The van der Waals surface area contributed by atoms with Gasteiger partial charge in [0, 0.05) is 13.1 Å². The maximum atomic E-state index is 9.19. The summed E-state index contributed by atoms with van der Waals surface area (Å²) in [5.41, 5.74) is 1.04. The van der Waals surface area contributed by atoms with Crippen LogP contribution in [-0.4, -0.2) is 44.3 Å². The molecular formula is C15H21N3O. The predicted molar refractivity (Wildman–Crippen MR) is 74.7 cm³/mol. The number of nitrogens with one attached hydrogen (secondary N) is 1. The quantitative estimate of drug-likeness (QED) is 0.788. The van der Waals surface area contributed by atoms with Crippen LogP contribution in [0.25, 0.3) is 0 Å². The van der Waals surface area contributed by atoms with Gasteiger partial charge in [0.15, 0.2) is 0 Å². The highest BCUT2D eigenvalue weighted by Crippen LogP contribution is 2.10. The van der Waals surface area contributed by atoms with Gasteiger partial charge >= 0.3 is 0 Å². The average Bonchev–Trinajstić information content (AvgIpc) is 2.49. The second-order valence-electron chi connectivity index (χ2n) is 4.73. The molecule has 1 heterocycles. The molecule has 1 fully saturated rings. The van der Waals surface area contributed by atoms with Gasteiger partial charge in [0.05, 0.1) is 19.3 Å². The van der Waals surface area contributed by atoms with Gasteiger partial charge in [-0.3, -0.25) is 10.2 Å². The fraction of sp³-hybridized carbons (Fsp3) is 0.533. The number of ether oxygens (including phenoxy) is 1. The van der Waals surface area contributed by atoms with Crippen LogP contribution in [0.1, 0.15) is 18.0 Å². The molecule has 4 heteroatoms. The smallest absolute Gasteiger partial charge is 0.121 e. The highest BCUT2D eigenvalue weighted by Gasteiger charge is 2.11. The summed E-state index contributed by atoms with van der Waals surface area (Å²) in [5.74, 6) is 0. The number of nitriles is 1. The van der Waals surface area contributed by atoms with Crippen LogP contribution in [-0.2, 0) is 4.74 Å². The Morgan fingerprint density at radius 1 is 1.26 bits per heavy atom. The van der Waals surface area contributed by atoms with E-state index in [-0.39, 0.29) is 6.04 Å². The predicted octanol–water partition coefficient (Wildman–Crippen LogP) is 1.56. The lowest BCUT2D eigenvalue weighted by Gasteiger charge is -2.26. The second-order valence-corrected chi connectivity index (χ2v) is 4.73. The fourth-order valence-electron chi connectivity index (χ4n) is 2.26. The van der Waals surface area contributed by atoms with Crippen LogP contribution in [0.3, 0.4) is 0 Å². The van der Waals surface area contributed by atoms with Crippen LogP contribution >= 0.6 is 0 Å². The van der Waals surface area contributed by atoms with Crippen molar-refractivity contribution in [3.8, 4) is 6.07 Å². The van der Waals surface area contributed by atoms with Gasteiger partial charge in [-0.1, -0.05) is 30.3 Å². The van der Waals surface area contributed by atoms with Crippen molar-refractivity contribution in [2.45, 2.75) is 12.5 Å². The molecule has 1 N–H and O–H groups in total. The Balaban J connectivity index is 1.68. The first-order valence-electron chi connectivity index (χ1n) is 6.88. The number of morpholine rings is 1. The monoisotopic (exact) mass is 259 g/mol. The van der Waals surface area contributed by atoms with Crippen molar-refractivity contribution in [3.63, 3.8) is 0 Å². The zero-order valence-electron chi connectivity index (χ0n) is 11.2. The third kappa shape index (κ3) is 4.64. The maximum absolute atomic E-state index is 9.19. The van der Waals surface area contributed by atoms with Crippen LogP contribution < -0.4 is 5.32 Å². The van der Waals surface area contributed by atoms with Crippen molar-refractivity contribution >= 4 is 0 Å². The lowest BCUT2D eigenvalue weighted by atomic mass is 10.1. The molecule has 102 valence electrons. The van der Waals surface area contributed by atoms with E-state index in [0.29, 0.717) is 0 Å². The summed E-state index contributed by atoms with van der Waals surface area (Å²) in [6.07, 6.45) is 1.06. The molecule has 1 atom stereocenters. The summed E-state index contributed by atoms with van der Waals surface area (Å²) >= 11 is 0. The van der Waals surface area contributed by atoms with Gasteiger partial charge < -0.3 is 4.74 Å². The molecular weight excluding hydrogens is 238 g/mol. The second kappa shape index (κ2) is 7.90. The van der Waals surface area contributed by atoms with Crippen molar-refractivity contribution in [2.75, 3.05) is 39.4 Å². The van der Waals surface area contributed by atoms with Crippen molar-refractivity contribution in [1.82, 2.24) is 10.2 Å². The van der Waals surface area contributed by atoms with Gasteiger partial charge in [-0.25, -0.2) is 0 Å². The van der Waals surface area contributed by atoms with E-state index in [9.17, 15) is 5.26 Å². The van der Waals surface area contributed by atoms with Crippen LogP contribution in [0.2, 0.25) is 0 Å². The summed E-state index contributed by atoms with van der Waals surface area (Å²) in [7, 11) is 0. The van der Waals surface area contributed by atoms with E-state index in [4.69, 9.17) is 4.74 Å². The van der Waals surface area contributed by atoms with E-state index in [1.54, 1.807) is 0 Å². The van der Waals surface area contributed by atoms with Crippen LogP contribution in [0.4, 0.5) is 0 Å². The Kier molecular flexibility index (Phi) is 5.83. The van der Waals surface area contributed by atoms with Crippen LogP contribution in [0, 0.1) is 11.3 Å². The molecule has 0 spiro atoms. The van der Waals surface area contributed by atoms with Crippen molar-refractivity contribution in [3.05, 3.63) is 35.9 Å². The maximum Gasteiger partial charge on any atom is 0.121 e. The first kappa shape index (κ1) is 14.0. The SMILES string of the molecule is N#CC(NCCCN1CCOCC1)c1ccccc1. The molecule has 19 heavy (non-hydrogen) atoms. The standard InChI is InChI=1S/C15H21N3O/c16-13-15(14-5-2-1-3-6-14)17-7-4-8-18-9-11-19-12-10-18/h1-3,5-6,15,17H,4,7-12H2. The van der Waals surface area contributed by atoms with Crippen LogP contribution in [0.5, 0.6) is 0 Å². The van der Waals surface area contributed by atoms with Gasteiger partial charge in [0.1, 0.15) is 6.04 Å². The molecule has 1 saturated heterocycles. The van der Waals surface area contributed by atoms with E-state index in [1.165, 1.54) is 0 Å². The van der Waals surface area contributed by atoms with E-state index in [0.717, 1.165) is 51.4 Å². The fourth-order valence-corrected chi connectivity index (χ4v) is 2.26. The van der Waals surface area contributed by atoms with Crippen molar-refractivity contribution in [1.29, 1.82) is 5.26 Å². The minimum atomic E-state index is -0.203. The lowest BCUT2D eigenvalue weighted by Crippen LogP contribution is -2.37. The summed E-state index contributed by atoms with van der Waals surface area (Å²) < 4.78 is 5.32. The molecule has 1 aromatic carbocycles. The van der Waals surface area contributed by atoms with E-state index < -0.39 is 0 Å². The molecule has 1 aliphatic rings. The van der Waals surface area contributed by atoms with Crippen molar-refractivity contribution < 1.29 is 4.74 Å². The number of nitrogens with zero attached hydrogens (tertiary/aromatic N) is 2. The zero-order chi connectivity index (χ0) is 13.3. The molecule has 0 bridgehead atoms. The molecule has 0 saturated carbocycles. The van der Waals surface area contributed by atoms with E-state index >= 15 is 0 Å². The Bertz CT molecular complexity index is 396. The van der Waals surface area contributed by atoms with Crippen LogP contribution in [0.15, 0.2) is 30.3 Å². The first-order chi connectivity index (χ1) is 9.40.